The Hall–Kier alpha value is -1.38. The molecule has 100 valence electrons. The van der Waals surface area contributed by atoms with Gasteiger partial charge >= 0.3 is 0 Å². The summed E-state index contributed by atoms with van der Waals surface area (Å²) in [6.07, 6.45) is 5.14. The Morgan fingerprint density at radius 3 is 2.72 bits per heavy atom. The first-order valence-electron chi connectivity index (χ1n) is 6.77. The van der Waals surface area contributed by atoms with Gasteiger partial charge in [-0.3, -0.25) is 0 Å². The first-order chi connectivity index (χ1) is 8.78. The van der Waals surface area contributed by atoms with Crippen LogP contribution in [0, 0.1) is 5.92 Å². The average molecular weight is 249 g/mol. The molecule has 1 saturated carbocycles. The van der Waals surface area contributed by atoms with Crippen LogP contribution in [0.15, 0.2) is 18.2 Å². The Morgan fingerprint density at radius 1 is 1.22 bits per heavy atom. The van der Waals surface area contributed by atoms with Crippen LogP contribution < -0.4 is 14.8 Å². The topological polar surface area (TPSA) is 30.5 Å². The molecule has 0 bridgehead atoms. The van der Waals surface area contributed by atoms with Gasteiger partial charge < -0.3 is 14.8 Å². The number of hydrogen-bond acceptors (Lipinski definition) is 3. The molecule has 1 aromatic rings. The van der Waals surface area contributed by atoms with Crippen LogP contribution in [0.1, 0.15) is 32.6 Å². The highest BCUT2D eigenvalue weighted by Crippen LogP contribution is 2.35. The molecule has 1 fully saturated rings. The van der Waals surface area contributed by atoms with Gasteiger partial charge in [-0.05, 0) is 30.9 Å². The predicted molar refractivity (Wildman–Crippen MR) is 74.6 cm³/mol. The summed E-state index contributed by atoms with van der Waals surface area (Å²) < 4.78 is 10.7. The molecule has 0 spiro atoms. The minimum atomic E-state index is 0.566. The minimum absolute atomic E-state index is 0.566. The van der Waals surface area contributed by atoms with Gasteiger partial charge in [0.2, 0.25) is 0 Å². The molecule has 18 heavy (non-hydrogen) atoms. The van der Waals surface area contributed by atoms with E-state index in [1.54, 1.807) is 14.2 Å². The van der Waals surface area contributed by atoms with Gasteiger partial charge in [-0.1, -0.05) is 19.8 Å². The molecule has 0 aliphatic heterocycles. The summed E-state index contributed by atoms with van der Waals surface area (Å²) in [5.74, 6) is 2.53. The van der Waals surface area contributed by atoms with Crippen molar-refractivity contribution in [3.63, 3.8) is 0 Å². The van der Waals surface area contributed by atoms with Crippen LogP contribution in [0.25, 0.3) is 0 Å². The summed E-state index contributed by atoms with van der Waals surface area (Å²) in [5, 5.41) is 3.63. The molecule has 0 aromatic heterocycles. The van der Waals surface area contributed by atoms with E-state index in [-0.39, 0.29) is 0 Å². The van der Waals surface area contributed by atoms with E-state index >= 15 is 0 Å². The smallest absolute Gasteiger partial charge is 0.142 e. The third-order valence-corrected chi connectivity index (χ3v) is 3.93. The highest BCUT2D eigenvalue weighted by Gasteiger charge is 2.26. The molecular formula is C15H23NO2. The van der Waals surface area contributed by atoms with E-state index in [4.69, 9.17) is 9.47 Å². The van der Waals surface area contributed by atoms with Gasteiger partial charge in [0.15, 0.2) is 0 Å². The van der Waals surface area contributed by atoms with Gasteiger partial charge in [0.25, 0.3) is 0 Å². The summed E-state index contributed by atoms with van der Waals surface area (Å²) in [5.41, 5.74) is 1.04. The van der Waals surface area contributed by atoms with Gasteiger partial charge in [-0.2, -0.15) is 0 Å². The molecule has 0 heterocycles. The zero-order chi connectivity index (χ0) is 13.0. The molecule has 2 unspecified atom stereocenters. The van der Waals surface area contributed by atoms with Gasteiger partial charge in [0, 0.05) is 12.1 Å². The molecule has 3 nitrogen and oxygen atoms in total. The zero-order valence-corrected chi connectivity index (χ0v) is 11.5. The zero-order valence-electron chi connectivity index (χ0n) is 11.5. The second-order valence-electron chi connectivity index (χ2n) is 4.92. The first-order valence-corrected chi connectivity index (χ1v) is 6.77. The Labute approximate surface area is 109 Å². The van der Waals surface area contributed by atoms with Crippen molar-refractivity contribution in [2.75, 3.05) is 19.5 Å². The predicted octanol–water partition coefficient (Wildman–Crippen LogP) is 3.69. The Kier molecular flexibility index (Phi) is 4.34. The van der Waals surface area contributed by atoms with Crippen LogP contribution in [0.4, 0.5) is 5.69 Å². The maximum absolute atomic E-state index is 5.41. The maximum atomic E-state index is 5.41. The molecule has 2 rings (SSSR count). The van der Waals surface area contributed by atoms with Crippen molar-refractivity contribution in [3.8, 4) is 11.5 Å². The standard InChI is InChI=1S/C15H23NO2/c1-4-11-6-5-7-13(11)16-14-10-12(17-2)8-9-15(14)18-3/h8-11,13,16H,4-7H2,1-3H3. The van der Waals surface area contributed by atoms with Crippen LogP contribution in [0.2, 0.25) is 0 Å². The fourth-order valence-corrected chi connectivity index (χ4v) is 2.84. The van der Waals surface area contributed by atoms with Crippen LogP contribution in [0.5, 0.6) is 11.5 Å². The monoisotopic (exact) mass is 249 g/mol. The van der Waals surface area contributed by atoms with E-state index in [1.165, 1.54) is 25.7 Å². The number of hydrogen-bond donors (Lipinski definition) is 1. The number of ether oxygens (including phenoxy) is 2. The molecule has 0 saturated heterocycles. The summed E-state index contributed by atoms with van der Waals surface area (Å²) in [7, 11) is 3.40. The number of rotatable bonds is 5. The van der Waals surface area contributed by atoms with Crippen molar-refractivity contribution in [1.82, 2.24) is 0 Å². The van der Waals surface area contributed by atoms with Crippen LogP contribution in [-0.4, -0.2) is 20.3 Å². The molecule has 2 atom stereocenters. The summed E-state index contributed by atoms with van der Waals surface area (Å²) in [4.78, 5) is 0. The number of benzene rings is 1. The Bertz CT molecular complexity index is 392. The van der Waals surface area contributed by atoms with Gasteiger partial charge in [0.1, 0.15) is 11.5 Å². The first kappa shape index (κ1) is 13.1. The second-order valence-corrected chi connectivity index (χ2v) is 4.92. The van der Waals surface area contributed by atoms with Crippen molar-refractivity contribution < 1.29 is 9.47 Å². The molecule has 1 aromatic carbocycles. The lowest BCUT2D eigenvalue weighted by Gasteiger charge is -2.22. The molecule has 1 aliphatic carbocycles. The highest BCUT2D eigenvalue weighted by atomic mass is 16.5. The van der Waals surface area contributed by atoms with Crippen LogP contribution in [0.3, 0.4) is 0 Å². The van der Waals surface area contributed by atoms with Crippen molar-refractivity contribution >= 4 is 5.69 Å². The van der Waals surface area contributed by atoms with E-state index < -0.39 is 0 Å². The lowest BCUT2D eigenvalue weighted by atomic mass is 10.0. The lowest BCUT2D eigenvalue weighted by molar-refractivity contribution is 0.403. The molecule has 3 heteroatoms. The van der Waals surface area contributed by atoms with Crippen LogP contribution in [-0.2, 0) is 0 Å². The van der Waals surface area contributed by atoms with E-state index in [2.05, 4.69) is 12.2 Å². The number of anilines is 1. The van der Waals surface area contributed by atoms with Crippen molar-refractivity contribution in [1.29, 1.82) is 0 Å². The second kappa shape index (κ2) is 5.98. The van der Waals surface area contributed by atoms with Crippen molar-refractivity contribution in [2.24, 2.45) is 5.92 Å². The minimum Gasteiger partial charge on any atom is -0.497 e. The van der Waals surface area contributed by atoms with E-state index in [9.17, 15) is 0 Å². The Morgan fingerprint density at radius 2 is 2.06 bits per heavy atom. The van der Waals surface area contributed by atoms with Gasteiger partial charge in [0.05, 0.1) is 19.9 Å². The molecule has 1 aliphatic rings. The summed E-state index contributed by atoms with van der Waals surface area (Å²) in [6, 6.07) is 6.47. The molecule has 1 N–H and O–H groups in total. The van der Waals surface area contributed by atoms with Crippen molar-refractivity contribution in [3.05, 3.63) is 18.2 Å². The third kappa shape index (κ3) is 2.71. The Balaban J connectivity index is 2.16. The van der Waals surface area contributed by atoms with E-state index in [1.807, 2.05) is 18.2 Å². The van der Waals surface area contributed by atoms with E-state index in [0.717, 1.165) is 23.1 Å². The van der Waals surface area contributed by atoms with Gasteiger partial charge in [-0.15, -0.1) is 0 Å². The maximum Gasteiger partial charge on any atom is 0.142 e. The van der Waals surface area contributed by atoms with E-state index in [0.29, 0.717) is 6.04 Å². The largest absolute Gasteiger partial charge is 0.497 e. The van der Waals surface area contributed by atoms with Crippen LogP contribution >= 0.6 is 0 Å². The third-order valence-electron chi connectivity index (χ3n) is 3.93. The number of nitrogens with one attached hydrogen (secondary N) is 1. The summed E-state index contributed by atoms with van der Waals surface area (Å²) >= 11 is 0. The fraction of sp³-hybridized carbons (Fsp3) is 0.600. The van der Waals surface area contributed by atoms with Crippen molar-refractivity contribution in [2.45, 2.75) is 38.6 Å². The quantitative estimate of drug-likeness (QED) is 0.863. The highest BCUT2D eigenvalue weighted by molar-refractivity contribution is 5.60. The molecule has 0 amide bonds. The fourth-order valence-electron chi connectivity index (χ4n) is 2.84. The normalized spacial score (nSPS) is 22.8. The van der Waals surface area contributed by atoms with Gasteiger partial charge in [-0.25, -0.2) is 0 Å². The SMILES string of the molecule is CCC1CCCC1Nc1cc(OC)ccc1OC. The summed E-state index contributed by atoms with van der Waals surface area (Å²) in [6.45, 7) is 2.27. The molecular weight excluding hydrogens is 226 g/mol. The lowest BCUT2D eigenvalue weighted by Crippen LogP contribution is -2.23. The number of methoxy groups -OCH3 is 2. The molecule has 0 radical (unpaired) electrons. The average Bonchev–Trinajstić information content (AvgIpc) is 2.86.